The third-order valence-electron chi connectivity index (χ3n) is 4.33. The van der Waals surface area contributed by atoms with Gasteiger partial charge in [-0.3, -0.25) is 0 Å². The summed E-state index contributed by atoms with van der Waals surface area (Å²) in [5.74, 6) is 2.57. The van der Waals surface area contributed by atoms with Gasteiger partial charge < -0.3 is 19.9 Å². The summed E-state index contributed by atoms with van der Waals surface area (Å²) in [6.45, 7) is 7.58. The number of carbonyl (C=O) groups excluding carboxylic acids is 1. The Labute approximate surface area is 171 Å². The van der Waals surface area contributed by atoms with E-state index in [0.717, 1.165) is 17.7 Å². The summed E-state index contributed by atoms with van der Waals surface area (Å²) in [5, 5.41) is 3.74. The van der Waals surface area contributed by atoms with E-state index in [4.69, 9.17) is 19.9 Å². The van der Waals surface area contributed by atoms with E-state index in [1.165, 1.54) is 11.8 Å². The minimum absolute atomic E-state index is 0.379. The van der Waals surface area contributed by atoms with E-state index < -0.39 is 6.03 Å². The molecule has 0 saturated carbocycles. The van der Waals surface area contributed by atoms with Gasteiger partial charge in [-0.2, -0.15) is 5.10 Å². The van der Waals surface area contributed by atoms with Crippen LogP contribution < -0.4 is 25.4 Å². The zero-order chi connectivity index (χ0) is 21.1. The Bertz CT molecular complexity index is 806. The highest BCUT2D eigenvalue weighted by atomic mass is 16.5. The molecule has 3 N–H and O–H groups in total. The largest absolute Gasteiger partial charge is 0.490 e. The van der Waals surface area contributed by atoms with Crippen molar-refractivity contribution in [3.63, 3.8) is 0 Å². The summed E-state index contributed by atoms with van der Waals surface area (Å²) in [5.41, 5.74) is 9.18. The summed E-state index contributed by atoms with van der Waals surface area (Å²) in [4.78, 5) is 10.7. The number of primary amides is 1. The number of carbonyl (C=O) groups is 1. The Kier molecular flexibility index (Phi) is 8.82. The number of nitrogens with one attached hydrogen (secondary N) is 1. The van der Waals surface area contributed by atoms with Crippen molar-refractivity contribution in [1.82, 2.24) is 5.43 Å². The number of hydrogen-bond acceptors (Lipinski definition) is 5. The molecule has 0 radical (unpaired) electrons. The zero-order valence-electron chi connectivity index (χ0n) is 17.2. The van der Waals surface area contributed by atoms with Crippen LogP contribution >= 0.6 is 0 Å². The second kappa shape index (κ2) is 11.6. The average Bonchev–Trinajstić information content (AvgIpc) is 2.72. The maximum atomic E-state index is 10.7. The molecule has 0 unspecified atom stereocenters. The molecule has 2 amide bonds. The Morgan fingerprint density at radius 2 is 1.79 bits per heavy atom. The van der Waals surface area contributed by atoms with Crippen LogP contribution in [-0.2, 0) is 0 Å². The molecule has 2 aromatic carbocycles. The number of nitrogens with two attached hydrogens (primary N) is 1. The average molecular weight is 399 g/mol. The molecule has 0 bridgehead atoms. The number of hydrazone groups is 1. The molecule has 0 aliphatic rings. The van der Waals surface area contributed by atoms with E-state index >= 15 is 0 Å². The van der Waals surface area contributed by atoms with Crippen molar-refractivity contribution in [3.05, 3.63) is 53.6 Å². The van der Waals surface area contributed by atoms with Crippen LogP contribution in [-0.4, -0.2) is 32.1 Å². The standard InChI is InChI=1S/C22H29N3O4/c1-4-16(3)18-7-9-19(10-8-18)28-12-13-29-20-11-6-17(14-21(20)27-5-2)15-24-25-22(23)26/h6-11,14-16H,4-5,12-13H2,1-3H3,(H3,23,25,26)/b24-15-/t16-/m0/s1. The van der Waals surface area contributed by atoms with Crippen molar-refractivity contribution in [2.24, 2.45) is 10.8 Å². The molecule has 0 aliphatic carbocycles. The maximum Gasteiger partial charge on any atom is 0.332 e. The highest BCUT2D eigenvalue weighted by Crippen LogP contribution is 2.28. The number of rotatable bonds is 11. The van der Waals surface area contributed by atoms with E-state index in [2.05, 4.69) is 36.5 Å². The fraction of sp³-hybridized carbons (Fsp3) is 0.364. The van der Waals surface area contributed by atoms with Crippen molar-refractivity contribution >= 4 is 12.2 Å². The number of urea groups is 1. The van der Waals surface area contributed by atoms with Gasteiger partial charge in [-0.15, -0.1) is 0 Å². The molecular formula is C22H29N3O4. The normalized spacial score (nSPS) is 11.8. The molecular weight excluding hydrogens is 370 g/mol. The van der Waals surface area contributed by atoms with Crippen LogP contribution in [0.5, 0.6) is 17.2 Å². The quantitative estimate of drug-likeness (QED) is 0.338. The first-order valence-corrected chi connectivity index (χ1v) is 9.74. The molecule has 0 fully saturated rings. The Balaban J connectivity index is 1.88. The fourth-order valence-electron chi connectivity index (χ4n) is 2.60. The van der Waals surface area contributed by atoms with Crippen LogP contribution in [0, 0.1) is 0 Å². The lowest BCUT2D eigenvalue weighted by atomic mass is 9.99. The van der Waals surface area contributed by atoms with E-state index in [1.54, 1.807) is 18.2 Å². The van der Waals surface area contributed by atoms with Gasteiger partial charge in [0.05, 0.1) is 12.8 Å². The smallest absolute Gasteiger partial charge is 0.332 e. The van der Waals surface area contributed by atoms with Crippen LogP contribution in [0.2, 0.25) is 0 Å². The molecule has 0 heterocycles. The topological polar surface area (TPSA) is 95.2 Å². The zero-order valence-corrected chi connectivity index (χ0v) is 17.2. The fourth-order valence-corrected chi connectivity index (χ4v) is 2.60. The Morgan fingerprint density at radius 3 is 2.45 bits per heavy atom. The van der Waals surface area contributed by atoms with Crippen LogP contribution in [0.15, 0.2) is 47.6 Å². The number of ether oxygens (including phenoxy) is 3. The number of amides is 2. The molecule has 0 aliphatic heterocycles. The van der Waals surface area contributed by atoms with Gasteiger partial charge >= 0.3 is 6.03 Å². The van der Waals surface area contributed by atoms with Crippen molar-refractivity contribution in [1.29, 1.82) is 0 Å². The molecule has 0 aromatic heterocycles. The third-order valence-corrected chi connectivity index (χ3v) is 4.33. The molecule has 29 heavy (non-hydrogen) atoms. The predicted molar refractivity (Wildman–Crippen MR) is 114 cm³/mol. The first kappa shape index (κ1) is 22.1. The maximum absolute atomic E-state index is 10.7. The van der Waals surface area contributed by atoms with Crippen molar-refractivity contribution in [2.45, 2.75) is 33.1 Å². The van der Waals surface area contributed by atoms with E-state index in [9.17, 15) is 4.79 Å². The van der Waals surface area contributed by atoms with Gasteiger partial charge in [-0.1, -0.05) is 26.0 Å². The highest BCUT2D eigenvalue weighted by molar-refractivity contribution is 5.82. The van der Waals surface area contributed by atoms with Crippen molar-refractivity contribution in [3.8, 4) is 17.2 Å². The Morgan fingerprint density at radius 1 is 1.07 bits per heavy atom. The SMILES string of the molecule is CCOc1cc(/C=N\NC(N)=O)ccc1OCCOc1ccc([C@@H](C)CC)cc1. The van der Waals surface area contributed by atoms with Crippen LogP contribution in [0.25, 0.3) is 0 Å². The van der Waals surface area contributed by atoms with Crippen LogP contribution in [0.4, 0.5) is 4.79 Å². The predicted octanol–water partition coefficient (Wildman–Crippen LogP) is 4.06. The minimum atomic E-state index is -0.722. The summed E-state index contributed by atoms with van der Waals surface area (Å²) in [7, 11) is 0. The molecule has 156 valence electrons. The molecule has 1 atom stereocenters. The van der Waals surface area contributed by atoms with E-state index in [-0.39, 0.29) is 0 Å². The number of nitrogens with zero attached hydrogens (tertiary/aromatic N) is 1. The van der Waals surface area contributed by atoms with Crippen LogP contribution in [0.3, 0.4) is 0 Å². The Hall–Kier alpha value is -3.22. The lowest BCUT2D eigenvalue weighted by Gasteiger charge is -2.14. The highest BCUT2D eigenvalue weighted by Gasteiger charge is 2.07. The molecule has 7 heteroatoms. The van der Waals surface area contributed by atoms with E-state index in [1.807, 2.05) is 19.1 Å². The summed E-state index contributed by atoms with van der Waals surface area (Å²) in [6.07, 6.45) is 2.59. The van der Waals surface area contributed by atoms with E-state index in [0.29, 0.717) is 37.2 Å². The molecule has 0 spiro atoms. The molecule has 7 nitrogen and oxygen atoms in total. The lowest BCUT2D eigenvalue weighted by molar-refractivity contribution is 0.208. The first-order valence-electron chi connectivity index (χ1n) is 9.74. The molecule has 2 rings (SSSR count). The summed E-state index contributed by atoms with van der Waals surface area (Å²) >= 11 is 0. The number of benzene rings is 2. The van der Waals surface area contributed by atoms with Gasteiger partial charge in [0, 0.05) is 0 Å². The minimum Gasteiger partial charge on any atom is -0.490 e. The third kappa shape index (κ3) is 7.37. The van der Waals surface area contributed by atoms with Gasteiger partial charge in [0.15, 0.2) is 11.5 Å². The summed E-state index contributed by atoms with van der Waals surface area (Å²) < 4.78 is 17.2. The van der Waals surface area contributed by atoms with Crippen molar-refractivity contribution < 1.29 is 19.0 Å². The van der Waals surface area contributed by atoms with Gasteiger partial charge in [0.25, 0.3) is 0 Å². The van der Waals surface area contributed by atoms with Crippen LogP contribution in [0.1, 0.15) is 44.2 Å². The van der Waals surface area contributed by atoms with Gasteiger partial charge in [0.2, 0.25) is 0 Å². The second-order valence-electron chi connectivity index (χ2n) is 6.45. The van der Waals surface area contributed by atoms with Gasteiger partial charge in [-0.05, 0) is 60.7 Å². The molecule has 0 saturated heterocycles. The monoisotopic (exact) mass is 399 g/mol. The van der Waals surface area contributed by atoms with Gasteiger partial charge in [-0.25, -0.2) is 10.2 Å². The first-order chi connectivity index (χ1) is 14.0. The summed E-state index contributed by atoms with van der Waals surface area (Å²) in [6, 6.07) is 12.8. The van der Waals surface area contributed by atoms with Gasteiger partial charge in [0.1, 0.15) is 19.0 Å². The number of hydrogen-bond donors (Lipinski definition) is 2. The lowest BCUT2D eigenvalue weighted by Crippen LogP contribution is -2.24. The molecule has 2 aromatic rings. The van der Waals surface area contributed by atoms with Crippen molar-refractivity contribution in [2.75, 3.05) is 19.8 Å². The second-order valence-corrected chi connectivity index (χ2v) is 6.45.